The predicted octanol–water partition coefficient (Wildman–Crippen LogP) is 3.38. The average molecular weight is 182 g/mol. The summed E-state index contributed by atoms with van der Waals surface area (Å²) in [6.45, 7) is 4.10. The molecule has 0 aliphatic carbocycles. The van der Waals surface area contributed by atoms with E-state index in [0.717, 1.165) is 0 Å². The fourth-order valence-corrected chi connectivity index (χ4v) is 3.08. The fraction of sp³-hybridized carbons (Fsp3) is 1.00. The molecule has 0 unspecified atom stereocenters. The number of hydrogen-bond acceptors (Lipinski definition) is 2. The lowest BCUT2D eigenvalue weighted by Crippen LogP contribution is -2.10. The van der Waals surface area contributed by atoms with Gasteiger partial charge in [0.25, 0.3) is 0 Å². The van der Waals surface area contributed by atoms with E-state index in [4.69, 9.17) is 0 Å². The second kappa shape index (κ2) is 6.35. The summed E-state index contributed by atoms with van der Waals surface area (Å²) in [7, 11) is 3.51. The van der Waals surface area contributed by atoms with Crippen molar-refractivity contribution in [1.29, 1.82) is 0 Å². The summed E-state index contributed by atoms with van der Waals surface area (Å²) in [5, 5.41) is 0.486. The van der Waals surface area contributed by atoms with Gasteiger partial charge in [0.2, 0.25) is 0 Å². The summed E-state index contributed by atoms with van der Waals surface area (Å²) in [5.41, 5.74) is 0. The van der Waals surface area contributed by atoms with Crippen molar-refractivity contribution < 1.29 is 4.39 Å². The molecule has 1 atom stereocenters. The Bertz CT molecular complexity index is 70.0. The minimum atomic E-state index is -0.184. The Labute approximate surface area is 70.7 Å². The molecule has 0 aliphatic heterocycles. The third-order valence-corrected chi connectivity index (χ3v) is 3.90. The van der Waals surface area contributed by atoms with Crippen molar-refractivity contribution in [3.8, 4) is 0 Å². The number of hydrogen-bond donors (Lipinski definition) is 0. The molecule has 3 heteroatoms. The van der Waals surface area contributed by atoms with Crippen LogP contribution in [-0.2, 0) is 0 Å². The zero-order valence-corrected chi connectivity index (χ0v) is 8.40. The summed E-state index contributed by atoms with van der Waals surface area (Å²) in [6, 6.07) is 0. The highest BCUT2D eigenvalue weighted by molar-refractivity contribution is 8.76. The van der Waals surface area contributed by atoms with E-state index in [0.29, 0.717) is 17.6 Å². The van der Waals surface area contributed by atoms with Crippen LogP contribution in [0.1, 0.15) is 20.3 Å². The van der Waals surface area contributed by atoms with Crippen LogP contribution < -0.4 is 0 Å². The monoisotopic (exact) mass is 182 g/mol. The lowest BCUT2D eigenvalue weighted by Gasteiger charge is -2.16. The van der Waals surface area contributed by atoms with Gasteiger partial charge in [0, 0.05) is 5.25 Å². The van der Waals surface area contributed by atoms with Gasteiger partial charge in [-0.25, -0.2) is 0 Å². The van der Waals surface area contributed by atoms with Crippen LogP contribution in [0.3, 0.4) is 0 Å². The van der Waals surface area contributed by atoms with Crippen LogP contribution in [0.5, 0.6) is 0 Å². The van der Waals surface area contributed by atoms with E-state index < -0.39 is 0 Å². The largest absolute Gasteiger partial charge is 0.251 e. The van der Waals surface area contributed by atoms with Crippen molar-refractivity contribution in [2.45, 2.75) is 25.5 Å². The molecule has 0 rings (SSSR count). The van der Waals surface area contributed by atoms with Crippen LogP contribution in [0.4, 0.5) is 4.39 Å². The van der Waals surface area contributed by atoms with E-state index in [2.05, 4.69) is 13.8 Å². The first kappa shape index (κ1) is 10.6. The predicted molar refractivity (Wildman–Crippen MR) is 50.3 cm³/mol. The van der Waals surface area contributed by atoms with Crippen molar-refractivity contribution in [1.82, 2.24) is 0 Å². The molecule has 0 saturated carbocycles. The van der Waals surface area contributed by atoms with Gasteiger partial charge in [-0.3, -0.25) is 4.39 Å². The maximum atomic E-state index is 11.9. The Morgan fingerprint density at radius 3 is 2.30 bits per heavy atom. The van der Waals surface area contributed by atoms with Crippen molar-refractivity contribution in [3.05, 3.63) is 0 Å². The molecule has 0 spiro atoms. The first-order valence-electron chi connectivity index (χ1n) is 3.47. The van der Waals surface area contributed by atoms with Gasteiger partial charge in [-0.15, -0.1) is 0 Å². The number of alkyl halides is 1. The number of halogens is 1. The van der Waals surface area contributed by atoms with Gasteiger partial charge >= 0.3 is 0 Å². The van der Waals surface area contributed by atoms with Gasteiger partial charge in [0.05, 0.1) is 6.67 Å². The summed E-state index contributed by atoms with van der Waals surface area (Å²) < 4.78 is 11.9. The average Bonchev–Trinajstić information content (AvgIpc) is 1.87. The molecule has 0 amide bonds. The second-order valence-electron chi connectivity index (χ2n) is 2.52. The molecule has 10 heavy (non-hydrogen) atoms. The Kier molecular flexibility index (Phi) is 6.75. The third kappa shape index (κ3) is 4.45. The topological polar surface area (TPSA) is 0 Å². The minimum absolute atomic E-state index is 0.184. The van der Waals surface area contributed by atoms with E-state index in [1.165, 1.54) is 0 Å². The molecule has 0 aromatic heterocycles. The molecule has 0 nitrogen and oxygen atoms in total. The molecule has 0 fully saturated rings. The zero-order valence-electron chi connectivity index (χ0n) is 6.76. The van der Waals surface area contributed by atoms with Gasteiger partial charge < -0.3 is 0 Å². The number of rotatable bonds is 5. The molecule has 0 aliphatic rings. The Morgan fingerprint density at radius 2 is 2.00 bits per heavy atom. The molecule has 0 aromatic carbocycles. The standard InChI is InChI=1S/C7H15FS2/c1-6(2)7(4-5-8)10-9-3/h6-7H,4-5H2,1-3H3/t7-/m1/s1. The van der Waals surface area contributed by atoms with E-state index in [1.54, 1.807) is 21.6 Å². The molecule has 0 N–H and O–H groups in total. The van der Waals surface area contributed by atoms with E-state index in [9.17, 15) is 4.39 Å². The fourth-order valence-electron chi connectivity index (χ4n) is 0.724. The third-order valence-electron chi connectivity index (χ3n) is 1.36. The van der Waals surface area contributed by atoms with Crippen molar-refractivity contribution >= 4 is 21.6 Å². The summed E-state index contributed by atoms with van der Waals surface area (Å²) in [5.74, 6) is 0.591. The Hall–Kier alpha value is 0.630. The molecule has 0 aromatic rings. The molecule has 0 radical (unpaired) electrons. The van der Waals surface area contributed by atoms with Crippen LogP contribution in [-0.4, -0.2) is 18.2 Å². The SMILES string of the molecule is CSS[C@H](CCF)C(C)C. The van der Waals surface area contributed by atoms with E-state index in [-0.39, 0.29) is 6.67 Å². The first-order valence-corrected chi connectivity index (χ1v) is 6.10. The van der Waals surface area contributed by atoms with Crippen LogP contribution in [0.15, 0.2) is 0 Å². The van der Waals surface area contributed by atoms with Crippen LogP contribution in [0.2, 0.25) is 0 Å². The Balaban J connectivity index is 3.50. The highest BCUT2D eigenvalue weighted by Gasteiger charge is 2.12. The van der Waals surface area contributed by atoms with E-state index >= 15 is 0 Å². The first-order chi connectivity index (χ1) is 4.72. The molecule has 62 valence electrons. The molecular formula is C7H15FS2. The minimum Gasteiger partial charge on any atom is -0.251 e. The van der Waals surface area contributed by atoms with Crippen molar-refractivity contribution in [3.63, 3.8) is 0 Å². The smallest absolute Gasteiger partial charge is 0.0905 e. The Morgan fingerprint density at radius 1 is 1.40 bits per heavy atom. The molecule has 0 heterocycles. The quantitative estimate of drug-likeness (QED) is 0.598. The van der Waals surface area contributed by atoms with Crippen LogP contribution in [0, 0.1) is 5.92 Å². The van der Waals surface area contributed by atoms with Gasteiger partial charge in [0.1, 0.15) is 0 Å². The summed E-state index contributed by atoms with van der Waals surface area (Å²) in [4.78, 5) is 0. The highest BCUT2D eigenvalue weighted by atomic mass is 33.1. The second-order valence-corrected chi connectivity index (χ2v) is 5.23. The summed E-state index contributed by atoms with van der Waals surface area (Å²) in [6.07, 6.45) is 2.74. The van der Waals surface area contributed by atoms with Crippen LogP contribution in [0.25, 0.3) is 0 Å². The van der Waals surface area contributed by atoms with Gasteiger partial charge in [-0.05, 0) is 18.6 Å². The molecule has 0 bridgehead atoms. The maximum Gasteiger partial charge on any atom is 0.0905 e. The highest BCUT2D eigenvalue weighted by Crippen LogP contribution is 2.31. The van der Waals surface area contributed by atoms with Crippen molar-refractivity contribution in [2.75, 3.05) is 12.9 Å². The molecule has 0 saturated heterocycles. The summed E-state index contributed by atoms with van der Waals surface area (Å²) >= 11 is 0. The maximum absolute atomic E-state index is 11.9. The van der Waals surface area contributed by atoms with Crippen molar-refractivity contribution in [2.24, 2.45) is 5.92 Å². The van der Waals surface area contributed by atoms with E-state index in [1.807, 2.05) is 6.26 Å². The normalized spacial score (nSPS) is 14.1. The lowest BCUT2D eigenvalue weighted by atomic mass is 10.1. The van der Waals surface area contributed by atoms with Gasteiger partial charge in [-0.1, -0.05) is 35.4 Å². The zero-order chi connectivity index (χ0) is 7.98. The van der Waals surface area contributed by atoms with Gasteiger partial charge in [-0.2, -0.15) is 0 Å². The van der Waals surface area contributed by atoms with Gasteiger partial charge in [0.15, 0.2) is 0 Å². The van der Waals surface area contributed by atoms with Crippen LogP contribution >= 0.6 is 21.6 Å². The molecular weight excluding hydrogens is 167 g/mol. The lowest BCUT2D eigenvalue weighted by molar-refractivity contribution is 0.438.